The molecule has 26 heavy (non-hydrogen) atoms. The lowest BCUT2D eigenvalue weighted by molar-refractivity contribution is -0.115. The zero-order valence-electron chi connectivity index (χ0n) is 14.9. The van der Waals surface area contributed by atoms with Crippen LogP contribution in [-0.4, -0.2) is 34.8 Å². The molecule has 7 heteroatoms. The molecule has 0 aliphatic carbocycles. The second-order valence-electron chi connectivity index (χ2n) is 5.63. The number of anilines is 1. The molecule has 1 unspecified atom stereocenters. The van der Waals surface area contributed by atoms with E-state index in [-0.39, 0.29) is 11.2 Å². The number of hydrogen-bond donors (Lipinski definition) is 2. The van der Waals surface area contributed by atoms with E-state index in [1.54, 1.807) is 7.11 Å². The molecule has 6 nitrogen and oxygen atoms in total. The van der Waals surface area contributed by atoms with Crippen LogP contribution in [0.3, 0.4) is 0 Å². The Bertz CT molecular complexity index is 893. The highest BCUT2D eigenvalue weighted by atomic mass is 32.2. The smallest absolute Gasteiger partial charge is 0.237 e. The zero-order chi connectivity index (χ0) is 18.5. The predicted octanol–water partition coefficient (Wildman–Crippen LogP) is 4.09. The molecule has 0 saturated heterocycles. The number of carbonyl (C=O) groups excluding carboxylic acids is 1. The van der Waals surface area contributed by atoms with Gasteiger partial charge < -0.3 is 19.8 Å². The summed E-state index contributed by atoms with van der Waals surface area (Å²) in [7, 11) is 1.63. The fourth-order valence-electron chi connectivity index (χ4n) is 2.41. The van der Waals surface area contributed by atoms with Gasteiger partial charge in [-0.3, -0.25) is 4.79 Å². The SMILES string of the molecule is CCOc1ccc(NC(=O)C(C)Sc2nc3ccc(OC)cc3[nH]2)cc1. The average molecular weight is 371 g/mol. The lowest BCUT2D eigenvalue weighted by Gasteiger charge is -2.11. The van der Waals surface area contributed by atoms with Crippen LogP contribution in [0.15, 0.2) is 47.6 Å². The van der Waals surface area contributed by atoms with E-state index in [1.165, 1.54) is 11.8 Å². The molecule has 3 rings (SSSR count). The number of benzene rings is 2. The lowest BCUT2D eigenvalue weighted by atomic mass is 10.3. The molecule has 136 valence electrons. The van der Waals surface area contributed by atoms with E-state index in [4.69, 9.17) is 9.47 Å². The van der Waals surface area contributed by atoms with Crippen molar-refractivity contribution in [1.29, 1.82) is 0 Å². The van der Waals surface area contributed by atoms with E-state index >= 15 is 0 Å². The molecule has 0 saturated carbocycles. The van der Waals surface area contributed by atoms with E-state index in [1.807, 2.05) is 56.3 Å². The summed E-state index contributed by atoms with van der Waals surface area (Å²) < 4.78 is 10.6. The third-order valence-electron chi connectivity index (χ3n) is 3.76. The second-order valence-corrected chi connectivity index (χ2v) is 6.96. The second kappa shape index (κ2) is 8.14. The maximum atomic E-state index is 12.4. The fraction of sp³-hybridized carbons (Fsp3) is 0.263. The Balaban J connectivity index is 1.63. The molecule has 2 N–H and O–H groups in total. The fourth-order valence-corrected chi connectivity index (χ4v) is 3.23. The number of rotatable bonds is 7. The van der Waals surface area contributed by atoms with Crippen molar-refractivity contribution in [3.63, 3.8) is 0 Å². The first-order chi connectivity index (χ1) is 12.6. The molecule has 1 amide bonds. The monoisotopic (exact) mass is 371 g/mol. The molecule has 1 aromatic heterocycles. The van der Waals surface area contributed by atoms with Gasteiger partial charge in [-0.15, -0.1) is 0 Å². The number of methoxy groups -OCH3 is 1. The minimum absolute atomic E-state index is 0.0859. The Hall–Kier alpha value is -2.67. The van der Waals surface area contributed by atoms with E-state index in [0.717, 1.165) is 28.2 Å². The molecule has 0 radical (unpaired) electrons. The summed E-state index contributed by atoms with van der Waals surface area (Å²) in [5.41, 5.74) is 2.46. The lowest BCUT2D eigenvalue weighted by Crippen LogP contribution is -2.22. The highest BCUT2D eigenvalue weighted by Gasteiger charge is 2.17. The van der Waals surface area contributed by atoms with Crippen molar-refractivity contribution in [1.82, 2.24) is 9.97 Å². The maximum Gasteiger partial charge on any atom is 0.237 e. The zero-order valence-corrected chi connectivity index (χ0v) is 15.7. The first kappa shape index (κ1) is 18.1. The van der Waals surface area contributed by atoms with Gasteiger partial charge in [0.15, 0.2) is 5.16 Å². The van der Waals surface area contributed by atoms with Gasteiger partial charge >= 0.3 is 0 Å². The number of ether oxygens (including phenoxy) is 2. The summed E-state index contributed by atoms with van der Waals surface area (Å²) in [6.45, 7) is 4.40. The number of fused-ring (bicyclic) bond motifs is 1. The minimum Gasteiger partial charge on any atom is -0.497 e. The van der Waals surface area contributed by atoms with Gasteiger partial charge in [-0.05, 0) is 50.2 Å². The highest BCUT2D eigenvalue weighted by Crippen LogP contribution is 2.26. The van der Waals surface area contributed by atoms with E-state index in [0.29, 0.717) is 11.8 Å². The van der Waals surface area contributed by atoms with E-state index < -0.39 is 0 Å². The molecule has 0 aliphatic rings. The van der Waals surface area contributed by atoms with E-state index in [2.05, 4.69) is 15.3 Å². The standard InChI is InChI=1S/C19H21N3O3S/c1-4-25-14-7-5-13(6-8-14)20-18(23)12(2)26-19-21-16-10-9-15(24-3)11-17(16)22-19/h5-12H,4H2,1-3H3,(H,20,23)(H,21,22). The summed E-state index contributed by atoms with van der Waals surface area (Å²) in [5.74, 6) is 1.46. The average Bonchev–Trinajstić information content (AvgIpc) is 3.04. The van der Waals surface area contributed by atoms with Crippen molar-refractivity contribution in [3.05, 3.63) is 42.5 Å². The molecule has 1 atom stereocenters. The molecular weight excluding hydrogens is 350 g/mol. The first-order valence-corrected chi connectivity index (χ1v) is 9.21. The number of nitrogens with one attached hydrogen (secondary N) is 2. The molecule has 0 spiro atoms. The van der Waals surface area contributed by atoms with Gasteiger partial charge in [-0.1, -0.05) is 11.8 Å². The third kappa shape index (κ3) is 4.29. The van der Waals surface area contributed by atoms with Gasteiger partial charge in [0.1, 0.15) is 11.5 Å². The summed E-state index contributed by atoms with van der Waals surface area (Å²) >= 11 is 1.38. The van der Waals surface area contributed by atoms with Crippen LogP contribution in [0.25, 0.3) is 11.0 Å². The van der Waals surface area contributed by atoms with Crippen LogP contribution >= 0.6 is 11.8 Å². The number of aromatic nitrogens is 2. The number of H-pyrrole nitrogens is 1. The van der Waals surface area contributed by atoms with Crippen molar-refractivity contribution in [2.24, 2.45) is 0 Å². The normalized spacial score (nSPS) is 12.0. The topological polar surface area (TPSA) is 76.2 Å². The van der Waals surface area contributed by atoms with Crippen molar-refractivity contribution in [2.45, 2.75) is 24.3 Å². The van der Waals surface area contributed by atoms with Crippen LogP contribution in [0.4, 0.5) is 5.69 Å². The summed E-state index contributed by atoms with van der Waals surface area (Å²) in [6, 6.07) is 13.0. The van der Waals surface area contributed by atoms with Crippen molar-refractivity contribution in [2.75, 3.05) is 19.0 Å². The summed E-state index contributed by atoms with van der Waals surface area (Å²) in [5, 5.41) is 3.30. The van der Waals surface area contributed by atoms with Crippen molar-refractivity contribution in [3.8, 4) is 11.5 Å². The molecule has 2 aromatic carbocycles. The Labute approximate surface area is 156 Å². The van der Waals surface area contributed by atoms with Crippen LogP contribution in [0, 0.1) is 0 Å². The number of carbonyl (C=O) groups is 1. The van der Waals surface area contributed by atoms with Crippen LogP contribution in [0.2, 0.25) is 0 Å². The summed E-state index contributed by atoms with van der Waals surface area (Å²) in [4.78, 5) is 20.1. The van der Waals surface area contributed by atoms with Crippen molar-refractivity contribution < 1.29 is 14.3 Å². The Morgan fingerprint density at radius 2 is 1.96 bits per heavy atom. The molecule has 0 fully saturated rings. The Morgan fingerprint density at radius 3 is 2.65 bits per heavy atom. The number of imidazole rings is 1. The Morgan fingerprint density at radius 1 is 1.23 bits per heavy atom. The number of thioether (sulfide) groups is 1. The maximum absolute atomic E-state index is 12.4. The summed E-state index contributed by atoms with van der Waals surface area (Å²) in [6.07, 6.45) is 0. The molecule has 3 aromatic rings. The molecule has 0 bridgehead atoms. The number of amides is 1. The Kier molecular flexibility index (Phi) is 5.68. The highest BCUT2D eigenvalue weighted by molar-refractivity contribution is 8.00. The van der Waals surface area contributed by atoms with Gasteiger partial charge in [0.25, 0.3) is 0 Å². The first-order valence-electron chi connectivity index (χ1n) is 8.33. The van der Waals surface area contributed by atoms with Crippen molar-refractivity contribution >= 4 is 34.4 Å². The predicted molar refractivity (Wildman–Crippen MR) is 104 cm³/mol. The quantitative estimate of drug-likeness (QED) is 0.612. The van der Waals surface area contributed by atoms with Crippen LogP contribution in [-0.2, 0) is 4.79 Å². The number of nitrogens with zero attached hydrogens (tertiary/aromatic N) is 1. The largest absolute Gasteiger partial charge is 0.497 e. The van der Waals surface area contributed by atoms with Crippen LogP contribution < -0.4 is 14.8 Å². The van der Waals surface area contributed by atoms with Gasteiger partial charge in [0.05, 0.1) is 30.0 Å². The van der Waals surface area contributed by atoms with Gasteiger partial charge in [0, 0.05) is 11.8 Å². The molecular formula is C19H21N3O3S. The van der Waals surface area contributed by atoms with Gasteiger partial charge in [-0.2, -0.15) is 0 Å². The number of hydrogen-bond acceptors (Lipinski definition) is 5. The van der Waals surface area contributed by atoms with E-state index in [9.17, 15) is 4.79 Å². The van der Waals surface area contributed by atoms with Gasteiger partial charge in [-0.25, -0.2) is 4.98 Å². The molecule has 0 aliphatic heterocycles. The van der Waals surface area contributed by atoms with Crippen LogP contribution in [0.5, 0.6) is 11.5 Å². The third-order valence-corrected chi connectivity index (χ3v) is 4.74. The minimum atomic E-state index is -0.302. The van der Waals surface area contributed by atoms with Crippen LogP contribution in [0.1, 0.15) is 13.8 Å². The molecule has 1 heterocycles. The number of aromatic amines is 1. The van der Waals surface area contributed by atoms with Gasteiger partial charge in [0.2, 0.25) is 5.91 Å².